The molecule has 1 heterocycles. The van der Waals surface area contributed by atoms with Crippen molar-refractivity contribution in [3.63, 3.8) is 0 Å². The number of methoxy groups -OCH3 is 1. The molecule has 1 atom stereocenters. The maximum absolute atomic E-state index is 12.3. The maximum Gasteiger partial charge on any atom is 0.244 e. The van der Waals surface area contributed by atoms with Gasteiger partial charge in [0.2, 0.25) is 10.0 Å². The van der Waals surface area contributed by atoms with Crippen LogP contribution in [0.4, 0.5) is 0 Å². The van der Waals surface area contributed by atoms with Gasteiger partial charge in [0.25, 0.3) is 0 Å². The Morgan fingerprint density at radius 3 is 2.71 bits per heavy atom. The Kier molecular flexibility index (Phi) is 4.64. The molecule has 7 heteroatoms. The first-order chi connectivity index (χ1) is 9.94. The van der Waals surface area contributed by atoms with Gasteiger partial charge in [-0.05, 0) is 31.9 Å². The Balaban J connectivity index is 2.12. The first-order valence-corrected chi connectivity index (χ1v) is 8.06. The summed E-state index contributed by atoms with van der Waals surface area (Å²) in [6, 6.07) is 7.30. The summed E-state index contributed by atoms with van der Waals surface area (Å²) in [5.41, 5.74) is 1.48. The van der Waals surface area contributed by atoms with Crippen molar-refractivity contribution in [1.29, 1.82) is 0 Å². The maximum atomic E-state index is 12.3. The quantitative estimate of drug-likeness (QED) is 0.849. The lowest BCUT2D eigenvalue weighted by molar-refractivity contribution is 0.407. The lowest BCUT2D eigenvalue weighted by atomic mass is 10.1. The van der Waals surface area contributed by atoms with E-state index in [2.05, 4.69) is 14.9 Å². The molecule has 0 radical (unpaired) electrons. The minimum atomic E-state index is -3.57. The molecule has 0 aliphatic heterocycles. The minimum absolute atomic E-state index is 0.175. The molecule has 1 unspecified atom stereocenters. The minimum Gasteiger partial charge on any atom is -0.496 e. The monoisotopic (exact) mass is 309 g/mol. The van der Waals surface area contributed by atoms with Crippen LogP contribution >= 0.6 is 0 Å². The van der Waals surface area contributed by atoms with Gasteiger partial charge in [-0.1, -0.05) is 18.2 Å². The number of aromatic nitrogens is 2. The van der Waals surface area contributed by atoms with E-state index in [-0.39, 0.29) is 10.9 Å². The molecule has 2 N–H and O–H groups in total. The average molecular weight is 309 g/mol. The summed E-state index contributed by atoms with van der Waals surface area (Å²) in [7, 11) is -1.97. The van der Waals surface area contributed by atoms with Gasteiger partial charge in [0.05, 0.1) is 19.0 Å². The van der Waals surface area contributed by atoms with Gasteiger partial charge in [0, 0.05) is 6.04 Å². The van der Waals surface area contributed by atoms with Crippen LogP contribution in [-0.4, -0.2) is 31.8 Å². The fourth-order valence-corrected chi connectivity index (χ4v) is 3.56. The summed E-state index contributed by atoms with van der Waals surface area (Å²) in [6.07, 6.45) is 1.85. The van der Waals surface area contributed by atoms with Gasteiger partial charge in [0.1, 0.15) is 10.6 Å². The van der Waals surface area contributed by atoms with E-state index in [0.717, 1.165) is 11.3 Å². The zero-order valence-corrected chi connectivity index (χ0v) is 13.1. The lowest BCUT2D eigenvalue weighted by Gasteiger charge is -2.15. The highest BCUT2D eigenvalue weighted by Crippen LogP contribution is 2.20. The van der Waals surface area contributed by atoms with Gasteiger partial charge < -0.3 is 4.74 Å². The molecule has 0 bridgehead atoms. The number of para-hydroxylation sites is 1. The van der Waals surface area contributed by atoms with Crippen LogP contribution in [0.15, 0.2) is 35.4 Å². The highest BCUT2D eigenvalue weighted by molar-refractivity contribution is 7.89. The molecular weight excluding hydrogens is 290 g/mol. The smallest absolute Gasteiger partial charge is 0.244 e. The molecule has 0 aliphatic rings. The molecule has 0 saturated carbocycles. The first-order valence-electron chi connectivity index (χ1n) is 6.58. The SMILES string of the molecule is COc1ccccc1CC(C)NS(=O)(=O)c1cn[nH]c1C. The second-order valence-electron chi connectivity index (χ2n) is 4.90. The number of hydrogen-bond acceptors (Lipinski definition) is 4. The summed E-state index contributed by atoms with van der Waals surface area (Å²) >= 11 is 0. The highest BCUT2D eigenvalue weighted by Gasteiger charge is 2.21. The van der Waals surface area contributed by atoms with Crippen molar-refractivity contribution in [2.24, 2.45) is 0 Å². The number of H-pyrrole nitrogens is 1. The molecule has 0 amide bonds. The van der Waals surface area contributed by atoms with E-state index < -0.39 is 10.0 Å². The number of aromatic amines is 1. The molecular formula is C14H19N3O3S. The number of ether oxygens (including phenoxy) is 1. The Labute approximate surface area is 124 Å². The van der Waals surface area contributed by atoms with E-state index in [1.807, 2.05) is 31.2 Å². The second kappa shape index (κ2) is 6.28. The van der Waals surface area contributed by atoms with E-state index in [1.165, 1.54) is 6.20 Å². The van der Waals surface area contributed by atoms with Crippen LogP contribution in [0, 0.1) is 6.92 Å². The molecule has 6 nitrogen and oxygen atoms in total. The number of nitrogens with one attached hydrogen (secondary N) is 2. The summed E-state index contributed by atoms with van der Waals surface area (Å²) in [5.74, 6) is 0.753. The standard InChI is InChI=1S/C14H19N3O3S/c1-10(8-12-6-4-5-7-13(12)20-3)17-21(18,19)14-9-15-16-11(14)2/h4-7,9-10,17H,8H2,1-3H3,(H,15,16). The number of rotatable bonds is 6. The number of aryl methyl sites for hydroxylation is 1. The predicted molar refractivity (Wildman–Crippen MR) is 79.8 cm³/mol. The number of hydrogen-bond donors (Lipinski definition) is 2. The molecule has 0 aliphatic carbocycles. The van der Waals surface area contributed by atoms with Crippen LogP contribution < -0.4 is 9.46 Å². The second-order valence-corrected chi connectivity index (χ2v) is 6.58. The van der Waals surface area contributed by atoms with Crippen LogP contribution in [0.3, 0.4) is 0 Å². The van der Waals surface area contributed by atoms with Gasteiger partial charge in [-0.25, -0.2) is 13.1 Å². The molecule has 114 valence electrons. The molecule has 2 aromatic rings. The third kappa shape index (κ3) is 3.62. The Morgan fingerprint density at radius 2 is 2.10 bits per heavy atom. The van der Waals surface area contributed by atoms with Crippen molar-refractivity contribution in [3.8, 4) is 5.75 Å². The van der Waals surface area contributed by atoms with Crippen molar-refractivity contribution in [2.45, 2.75) is 31.2 Å². The van der Waals surface area contributed by atoms with Crippen LogP contribution in [0.25, 0.3) is 0 Å². The zero-order chi connectivity index (χ0) is 15.5. The van der Waals surface area contributed by atoms with E-state index >= 15 is 0 Å². The summed E-state index contributed by atoms with van der Waals surface area (Å²) in [6.45, 7) is 3.49. The van der Waals surface area contributed by atoms with Gasteiger partial charge >= 0.3 is 0 Å². The molecule has 0 fully saturated rings. The number of nitrogens with zero attached hydrogens (tertiary/aromatic N) is 1. The fraction of sp³-hybridized carbons (Fsp3) is 0.357. The van der Waals surface area contributed by atoms with E-state index in [1.54, 1.807) is 14.0 Å². The molecule has 0 saturated heterocycles. The van der Waals surface area contributed by atoms with Gasteiger partial charge in [-0.3, -0.25) is 5.10 Å². The largest absolute Gasteiger partial charge is 0.496 e. The summed E-state index contributed by atoms with van der Waals surface area (Å²) < 4.78 is 32.5. The Bertz CT molecular complexity index is 710. The lowest BCUT2D eigenvalue weighted by Crippen LogP contribution is -2.34. The number of benzene rings is 1. The topological polar surface area (TPSA) is 84.1 Å². The van der Waals surface area contributed by atoms with Crippen molar-refractivity contribution < 1.29 is 13.2 Å². The number of sulfonamides is 1. The Morgan fingerprint density at radius 1 is 1.38 bits per heavy atom. The van der Waals surface area contributed by atoms with Gasteiger partial charge in [-0.15, -0.1) is 0 Å². The third-order valence-corrected chi connectivity index (χ3v) is 4.85. The summed E-state index contributed by atoms with van der Waals surface area (Å²) in [4.78, 5) is 0.175. The van der Waals surface area contributed by atoms with E-state index in [4.69, 9.17) is 4.74 Å². The first kappa shape index (κ1) is 15.5. The molecule has 2 rings (SSSR count). The van der Waals surface area contributed by atoms with Crippen LogP contribution in [0.1, 0.15) is 18.2 Å². The van der Waals surface area contributed by atoms with Crippen molar-refractivity contribution in [1.82, 2.24) is 14.9 Å². The predicted octanol–water partition coefficient (Wildman–Crippen LogP) is 1.64. The zero-order valence-electron chi connectivity index (χ0n) is 12.3. The van der Waals surface area contributed by atoms with Crippen molar-refractivity contribution in [3.05, 3.63) is 41.7 Å². The third-order valence-electron chi connectivity index (χ3n) is 3.15. The normalized spacial score (nSPS) is 13.1. The Hall–Kier alpha value is -1.86. The van der Waals surface area contributed by atoms with Crippen molar-refractivity contribution >= 4 is 10.0 Å². The van der Waals surface area contributed by atoms with Gasteiger partial charge in [0.15, 0.2) is 0 Å². The van der Waals surface area contributed by atoms with E-state index in [0.29, 0.717) is 12.1 Å². The fourth-order valence-electron chi connectivity index (χ4n) is 2.18. The average Bonchev–Trinajstić information content (AvgIpc) is 2.86. The van der Waals surface area contributed by atoms with Crippen LogP contribution in [0.5, 0.6) is 5.75 Å². The molecule has 1 aromatic carbocycles. The molecule has 21 heavy (non-hydrogen) atoms. The van der Waals surface area contributed by atoms with Crippen molar-refractivity contribution in [2.75, 3.05) is 7.11 Å². The highest BCUT2D eigenvalue weighted by atomic mass is 32.2. The molecule has 0 spiro atoms. The summed E-state index contributed by atoms with van der Waals surface area (Å²) in [5, 5.41) is 6.37. The van der Waals surface area contributed by atoms with Gasteiger partial charge in [-0.2, -0.15) is 5.10 Å². The van der Waals surface area contributed by atoms with Crippen LogP contribution in [0.2, 0.25) is 0 Å². The molecule has 1 aromatic heterocycles. The van der Waals surface area contributed by atoms with Crippen LogP contribution in [-0.2, 0) is 16.4 Å². The van der Waals surface area contributed by atoms with E-state index in [9.17, 15) is 8.42 Å².